The summed E-state index contributed by atoms with van der Waals surface area (Å²) in [6.07, 6.45) is 1.82. The maximum atomic E-state index is 4.15. The van der Waals surface area contributed by atoms with E-state index in [0.717, 1.165) is 22.3 Å². The molecule has 0 bridgehead atoms. The zero-order valence-corrected chi connectivity index (χ0v) is 13.2. The van der Waals surface area contributed by atoms with Crippen LogP contribution in [0.15, 0.2) is 55.1 Å². The Balaban J connectivity index is 1.59. The Hall–Kier alpha value is -3.68. The second kappa shape index (κ2) is 6.44. The highest BCUT2D eigenvalue weighted by atomic mass is 15.5. The van der Waals surface area contributed by atoms with Crippen LogP contribution in [0.4, 0.5) is 0 Å². The minimum Gasteiger partial charge on any atom is -0.239 e. The molecule has 0 unspecified atom stereocenters. The average Bonchev–Trinajstić information content (AvgIpc) is 3.35. The van der Waals surface area contributed by atoms with Crippen molar-refractivity contribution < 1.29 is 0 Å². The molecule has 2 aromatic carbocycles. The van der Waals surface area contributed by atoms with Crippen LogP contribution in [0.1, 0.15) is 11.1 Å². The van der Waals surface area contributed by atoms with Crippen LogP contribution in [-0.2, 0) is 6.54 Å². The van der Waals surface area contributed by atoms with Gasteiger partial charge in [-0.15, -0.1) is 10.2 Å². The van der Waals surface area contributed by atoms with Gasteiger partial charge in [-0.3, -0.25) is 0 Å². The summed E-state index contributed by atoms with van der Waals surface area (Å²) in [4.78, 5) is 0. The van der Waals surface area contributed by atoms with Crippen LogP contribution in [0, 0.1) is 0 Å². The monoisotopic (exact) mass is 330 g/mol. The summed E-state index contributed by atoms with van der Waals surface area (Å²) in [5.74, 6) is 1.32. The van der Waals surface area contributed by atoms with Gasteiger partial charge in [-0.05, 0) is 32.0 Å². The maximum absolute atomic E-state index is 4.15. The lowest BCUT2D eigenvalue weighted by molar-refractivity contribution is 0.653. The Kier molecular flexibility index (Phi) is 3.83. The second-order valence-corrected chi connectivity index (χ2v) is 5.43. The van der Waals surface area contributed by atoms with Crippen molar-refractivity contribution in [3.05, 3.63) is 66.2 Å². The van der Waals surface area contributed by atoms with Gasteiger partial charge in [-0.1, -0.05) is 61.2 Å². The lowest BCUT2D eigenvalue weighted by Gasteiger charge is -2.06. The number of aromatic amines is 1. The molecule has 2 heterocycles. The van der Waals surface area contributed by atoms with Gasteiger partial charge in [-0.2, -0.15) is 0 Å². The number of nitrogens with one attached hydrogen (secondary N) is 1. The minimum absolute atomic E-state index is 0.591. The van der Waals surface area contributed by atoms with E-state index in [4.69, 9.17) is 0 Å². The van der Waals surface area contributed by atoms with Crippen molar-refractivity contribution in [2.75, 3.05) is 0 Å². The van der Waals surface area contributed by atoms with Crippen molar-refractivity contribution >= 4 is 6.08 Å². The Morgan fingerprint density at radius 3 is 2.36 bits per heavy atom. The molecule has 4 aromatic rings. The molecule has 122 valence electrons. The molecule has 4 rings (SSSR count). The molecular weight excluding hydrogens is 316 g/mol. The molecule has 2 aromatic heterocycles. The van der Waals surface area contributed by atoms with Crippen molar-refractivity contribution in [2.45, 2.75) is 6.54 Å². The molecule has 8 heteroatoms. The summed E-state index contributed by atoms with van der Waals surface area (Å²) in [5.41, 5.74) is 4.01. The highest BCUT2D eigenvalue weighted by molar-refractivity contribution is 5.62. The number of nitrogens with zero attached hydrogens (tertiary/aromatic N) is 7. The Morgan fingerprint density at radius 2 is 1.68 bits per heavy atom. The van der Waals surface area contributed by atoms with Crippen LogP contribution >= 0.6 is 0 Å². The van der Waals surface area contributed by atoms with E-state index in [0.29, 0.717) is 18.2 Å². The molecule has 8 nitrogen and oxygen atoms in total. The van der Waals surface area contributed by atoms with Crippen molar-refractivity contribution in [3.63, 3.8) is 0 Å². The van der Waals surface area contributed by atoms with Gasteiger partial charge in [0.2, 0.25) is 0 Å². The van der Waals surface area contributed by atoms with Crippen molar-refractivity contribution in [3.8, 4) is 22.8 Å². The van der Waals surface area contributed by atoms with Crippen LogP contribution in [0.5, 0.6) is 0 Å². The van der Waals surface area contributed by atoms with E-state index >= 15 is 0 Å². The second-order valence-electron chi connectivity index (χ2n) is 5.43. The SMILES string of the molecule is C=Cc1ccc(Cn2nnnc2-c2ccc(-c3nnn[nH]3)cc2)cc1. The maximum Gasteiger partial charge on any atom is 0.182 e. The first-order chi connectivity index (χ1) is 12.3. The van der Waals surface area contributed by atoms with Crippen LogP contribution in [0.2, 0.25) is 0 Å². The first kappa shape index (κ1) is 14.9. The molecular formula is C17H14N8. The number of hydrogen-bond acceptors (Lipinski definition) is 6. The summed E-state index contributed by atoms with van der Waals surface area (Å²) in [7, 11) is 0. The summed E-state index contributed by atoms with van der Waals surface area (Å²) in [6.45, 7) is 4.35. The fourth-order valence-corrected chi connectivity index (χ4v) is 2.51. The van der Waals surface area contributed by atoms with Crippen LogP contribution < -0.4 is 0 Å². The van der Waals surface area contributed by atoms with E-state index in [1.807, 2.05) is 54.6 Å². The Morgan fingerprint density at radius 1 is 0.920 bits per heavy atom. The molecule has 0 atom stereocenters. The summed E-state index contributed by atoms with van der Waals surface area (Å²) in [5, 5.41) is 25.8. The number of hydrogen-bond donors (Lipinski definition) is 1. The molecule has 0 fully saturated rings. The predicted molar refractivity (Wildman–Crippen MR) is 92.1 cm³/mol. The minimum atomic E-state index is 0.591. The molecule has 0 radical (unpaired) electrons. The quantitative estimate of drug-likeness (QED) is 0.602. The van der Waals surface area contributed by atoms with E-state index in [9.17, 15) is 0 Å². The average molecular weight is 330 g/mol. The first-order valence-corrected chi connectivity index (χ1v) is 7.65. The van der Waals surface area contributed by atoms with E-state index < -0.39 is 0 Å². The summed E-state index contributed by atoms with van der Waals surface area (Å²) < 4.78 is 1.77. The smallest absolute Gasteiger partial charge is 0.182 e. The fraction of sp³-hybridized carbons (Fsp3) is 0.0588. The van der Waals surface area contributed by atoms with Gasteiger partial charge < -0.3 is 0 Å². The molecule has 0 amide bonds. The lowest BCUT2D eigenvalue weighted by atomic mass is 10.1. The summed E-state index contributed by atoms with van der Waals surface area (Å²) >= 11 is 0. The predicted octanol–water partition coefficient (Wildman–Crippen LogP) is 2.21. The van der Waals surface area contributed by atoms with Crippen LogP contribution in [0.3, 0.4) is 0 Å². The molecule has 0 aliphatic rings. The molecule has 0 saturated carbocycles. The highest BCUT2D eigenvalue weighted by Crippen LogP contribution is 2.21. The van der Waals surface area contributed by atoms with Gasteiger partial charge in [0.15, 0.2) is 11.6 Å². The largest absolute Gasteiger partial charge is 0.239 e. The van der Waals surface area contributed by atoms with E-state index in [1.165, 1.54) is 0 Å². The highest BCUT2D eigenvalue weighted by Gasteiger charge is 2.10. The molecule has 0 saturated heterocycles. The first-order valence-electron chi connectivity index (χ1n) is 7.65. The van der Waals surface area contributed by atoms with E-state index in [2.05, 4.69) is 42.7 Å². The number of rotatable bonds is 5. The molecule has 0 aliphatic carbocycles. The zero-order chi connectivity index (χ0) is 17.1. The van der Waals surface area contributed by atoms with Crippen molar-refractivity contribution in [1.82, 2.24) is 40.8 Å². The Labute approximate surface area is 143 Å². The van der Waals surface area contributed by atoms with Crippen molar-refractivity contribution in [2.24, 2.45) is 0 Å². The fourth-order valence-electron chi connectivity index (χ4n) is 2.51. The van der Waals surface area contributed by atoms with Crippen LogP contribution in [0.25, 0.3) is 28.9 Å². The molecule has 1 N–H and O–H groups in total. The van der Waals surface area contributed by atoms with E-state index in [-0.39, 0.29) is 0 Å². The third-order valence-corrected chi connectivity index (χ3v) is 3.84. The number of aromatic nitrogens is 8. The zero-order valence-electron chi connectivity index (χ0n) is 13.2. The van der Waals surface area contributed by atoms with Crippen LogP contribution in [-0.4, -0.2) is 40.8 Å². The van der Waals surface area contributed by atoms with Gasteiger partial charge >= 0.3 is 0 Å². The van der Waals surface area contributed by atoms with Gasteiger partial charge in [0.1, 0.15) is 0 Å². The lowest BCUT2D eigenvalue weighted by Crippen LogP contribution is -2.04. The number of H-pyrrole nitrogens is 1. The topological polar surface area (TPSA) is 98.1 Å². The number of tetrazole rings is 2. The standard InChI is InChI=1S/C17H14N8/c1-2-12-3-5-13(6-4-12)11-25-17(20-23-24-25)15-9-7-14(8-10-15)16-18-21-22-19-16/h2-10H,1,11H2,(H,18,19,21,22). The third-order valence-electron chi connectivity index (χ3n) is 3.84. The van der Waals surface area contributed by atoms with Gasteiger partial charge in [-0.25, -0.2) is 9.78 Å². The van der Waals surface area contributed by atoms with Gasteiger partial charge in [0, 0.05) is 11.1 Å². The normalized spacial score (nSPS) is 10.7. The van der Waals surface area contributed by atoms with E-state index in [1.54, 1.807) is 4.68 Å². The third kappa shape index (κ3) is 3.05. The molecule has 0 aliphatic heterocycles. The van der Waals surface area contributed by atoms with Gasteiger partial charge in [0.25, 0.3) is 0 Å². The van der Waals surface area contributed by atoms with Crippen molar-refractivity contribution in [1.29, 1.82) is 0 Å². The molecule has 0 spiro atoms. The number of benzene rings is 2. The summed E-state index contributed by atoms with van der Waals surface area (Å²) in [6, 6.07) is 15.9. The molecule has 25 heavy (non-hydrogen) atoms. The Bertz CT molecular complexity index is 968. The van der Waals surface area contributed by atoms with Gasteiger partial charge in [0.05, 0.1) is 6.54 Å².